The Morgan fingerprint density at radius 2 is 2.14 bits per heavy atom. The maximum Gasteiger partial charge on any atom is 0.0711 e. The lowest BCUT2D eigenvalue weighted by molar-refractivity contribution is 1.07. The van der Waals surface area contributed by atoms with E-state index in [1.54, 1.807) is 10.9 Å². The lowest BCUT2D eigenvalue weighted by atomic mass is 10.2. The molecule has 0 amide bonds. The second kappa shape index (κ2) is 2.23. The van der Waals surface area contributed by atoms with E-state index < -0.39 is 0 Å². The molecule has 0 saturated carbocycles. The predicted molar refractivity (Wildman–Crippen MR) is 58.4 cm³/mol. The van der Waals surface area contributed by atoms with E-state index in [0.717, 1.165) is 27.5 Å². The van der Waals surface area contributed by atoms with Crippen LogP contribution in [-0.2, 0) is 0 Å². The minimum Gasteiger partial charge on any atom is -0.397 e. The number of benzene rings is 1. The Kier molecular flexibility index (Phi) is 1.16. The van der Waals surface area contributed by atoms with E-state index >= 15 is 0 Å². The highest BCUT2D eigenvalue weighted by molar-refractivity contribution is 6.01. The summed E-state index contributed by atoms with van der Waals surface area (Å²) in [5.41, 5.74) is 8.59. The topological polar surface area (TPSA) is 72.8 Å². The first-order chi connectivity index (χ1) is 6.75. The van der Waals surface area contributed by atoms with Gasteiger partial charge in [-0.1, -0.05) is 0 Å². The molecule has 0 atom stereocenters. The van der Waals surface area contributed by atoms with Gasteiger partial charge in [-0.15, -0.1) is 0 Å². The molecule has 0 saturated heterocycles. The van der Waals surface area contributed by atoms with Crippen LogP contribution in [0.3, 0.4) is 0 Å². The van der Waals surface area contributed by atoms with Crippen molar-refractivity contribution in [1.82, 2.24) is 9.66 Å². The van der Waals surface area contributed by atoms with Gasteiger partial charge >= 0.3 is 0 Å². The van der Waals surface area contributed by atoms with Gasteiger partial charge in [0.25, 0.3) is 0 Å². The fourth-order valence-corrected chi connectivity index (χ4v) is 1.79. The molecule has 0 aliphatic rings. The largest absolute Gasteiger partial charge is 0.397 e. The summed E-state index contributed by atoms with van der Waals surface area (Å²) in [6, 6.07) is 6.02. The zero-order valence-electron chi connectivity index (χ0n) is 7.49. The smallest absolute Gasteiger partial charge is 0.0711 e. The summed E-state index contributed by atoms with van der Waals surface area (Å²) in [4.78, 5) is 3.10. The highest BCUT2D eigenvalue weighted by Gasteiger charge is 2.04. The highest BCUT2D eigenvalue weighted by atomic mass is 15.3. The molecule has 14 heavy (non-hydrogen) atoms. The van der Waals surface area contributed by atoms with Crippen LogP contribution in [0.5, 0.6) is 0 Å². The molecule has 1 aromatic carbocycles. The average Bonchev–Trinajstić information content (AvgIpc) is 2.71. The molecule has 5 N–H and O–H groups in total. The number of H-pyrrole nitrogens is 1. The minimum absolute atomic E-state index is 0.770. The Morgan fingerprint density at radius 1 is 1.29 bits per heavy atom. The van der Waals surface area contributed by atoms with Gasteiger partial charge in [-0.25, -0.2) is 0 Å². The SMILES string of the molecule is Nc1c[nH]c2cc3c(ccn3N)cc12. The first-order valence-corrected chi connectivity index (χ1v) is 4.38. The summed E-state index contributed by atoms with van der Waals surface area (Å²) >= 11 is 0. The Bertz CT molecular complexity index is 561. The highest BCUT2D eigenvalue weighted by Crippen LogP contribution is 2.26. The van der Waals surface area contributed by atoms with E-state index in [-0.39, 0.29) is 0 Å². The van der Waals surface area contributed by atoms with Gasteiger partial charge in [0.1, 0.15) is 0 Å². The molecule has 0 aliphatic heterocycles. The molecule has 3 rings (SSSR count). The molecule has 70 valence electrons. The van der Waals surface area contributed by atoms with Gasteiger partial charge < -0.3 is 16.6 Å². The fourth-order valence-electron chi connectivity index (χ4n) is 1.79. The Labute approximate surface area is 80.1 Å². The number of nitrogen functional groups attached to an aromatic ring is 2. The number of rotatable bonds is 0. The van der Waals surface area contributed by atoms with Crippen molar-refractivity contribution in [3.63, 3.8) is 0 Å². The van der Waals surface area contributed by atoms with Gasteiger partial charge in [-0.05, 0) is 18.2 Å². The standard InChI is InChI=1S/C10H10N4/c11-8-5-13-9-4-10-6(3-7(8)9)1-2-14(10)12/h1-5,13H,11-12H2. The zero-order chi connectivity index (χ0) is 9.71. The Morgan fingerprint density at radius 3 is 3.00 bits per heavy atom. The third kappa shape index (κ3) is 0.771. The minimum atomic E-state index is 0.770. The molecule has 0 unspecified atom stereocenters. The van der Waals surface area contributed by atoms with Crippen molar-refractivity contribution in [1.29, 1.82) is 0 Å². The number of hydrogen-bond donors (Lipinski definition) is 3. The second-order valence-electron chi connectivity index (χ2n) is 3.42. The maximum absolute atomic E-state index is 5.80. The first kappa shape index (κ1) is 7.32. The molecular weight excluding hydrogens is 176 g/mol. The molecule has 2 heterocycles. The van der Waals surface area contributed by atoms with E-state index in [4.69, 9.17) is 11.6 Å². The zero-order valence-corrected chi connectivity index (χ0v) is 7.49. The lowest BCUT2D eigenvalue weighted by Gasteiger charge is -1.97. The van der Waals surface area contributed by atoms with Crippen LogP contribution in [0.1, 0.15) is 0 Å². The van der Waals surface area contributed by atoms with E-state index in [9.17, 15) is 0 Å². The van der Waals surface area contributed by atoms with Gasteiger partial charge in [0, 0.05) is 28.7 Å². The van der Waals surface area contributed by atoms with Gasteiger partial charge in [0.15, 0.2) is 0 Å². The molecule has 2 aromatic heterocycles. The van der Waals surface area contributed by atoms with E-state index in [0.29, 0.717) is 0 Å². The summed E-state index contributed by atoms with van der Waals surface area (Å²) in [5.74, 6) is 5.75. The molecular formula is C10H10N4. The molecule has 0 bridgehead atoms. The molecule has 0 fully saturated rings. The van der Waals surface area contributed by atoms with Gasteiger partial charge in [0.2, 0.25) is 0 Å². The number of aromatic nitrogens is 2. The summed E-state index contributed by atoms with van der Waals surface area (Å²) < 4.78 is 1.60. The van der Waals surface area contributed by atoms with Crippen LogP contribution in [0, 0.1) is 0 Å². The third-order valence-electron chi connectivity index (χ3n) is 2.55. The van der Waals surface area contributed by atoms with Crippen molar-refractivity contribution in [3.05, 3.63) is 30.6 Å². The number of aromatic amines is 1. The Hall–Kier alpha value is -2.10. The van der Waals surface area contributed by atoms with Crippen LogP contribution in [0.2, 0.25) is 0 Å². The third-order valence-corrected chi connectivity index (χ3v) is 2.55. The van der Waals surface area contributed by atoms with Crippen molar-refractivity contribution in [2.45, 2.75) is 0 Å². The number of fused-ring (bicyclic) bond motifs is 2. The van der Waals surface area contributed by atoms with Crippen molar-refractivity contribution >= 4 is 27.5 Å². The monoisotopic (exact) mass is 186 g/mol. The lowest BCUT2D eigenvalue weighted by Crippen LogP contribution is -2.04. The first-order valence-electron chi connectivity index (χ1n) is 4.38. The van der Waals surface area contributed by atoms with E-state index in [2.05, 4.69) is 4.98 Å². The quantitative estimate of drug-likeness (QED) is 0.464. The van der Waals surface area contributed by atoms with Crippen LogP contribution in [0.25, 0.3) is 21.8 Å². The molecule has 4 nitrogen and oxygen atoms in total. The molecule has 0 radical (unpaired) electrons. The van der Waals surface area contributed by atoms with Gasteiger partial charge in [-0.2, -0.15) is 0 Å². The number of nitrogens with one attached hydrogen (secondary N) is 1. The van der Waals surface area contributed by atoms with Crippen molar-refractivity contribution in [2.75, 3.05) is 11.6 Å². The maximum atomic E-state index is 5.80. The van der Waals surface area contributed by atoms with Crippen LogP contribution in [-0.4, -0.2) is 9.66 Å². The average molecular weight is 186 g/mol. The summed E-state index contributed by atoms with van der Waals surface area (Å²) in [6.07, 6.45) is 3.63. The van der Waals surface area contributed by atoms with Gasteiger partial charge in [0.05, 0.1) is 11.2 Å². The van der Waals surface area contributed by atoms with Crippen molar-refractivity contribution < 1.29 is 0 Å². The van der Waals surface area contributed by atoms with Crippen molar-refractivity contribution in [2.24, 2.45) is 0 Å². The second-order valence-corrected chi connectivity index (χ2v) is 3.42. The molecule has 3 aromatic rings. The van der Waals surface area contributed by atoms with Crippen LogP contribution in [0.4, 0.5) is 5.69 Å². The number of anilines is 1. The van der Waals surface area contributed by atoms with Gasteiger partial charge in [-0.3, -0.25) is 4.68 Å². The summed E-state index contributed by atoms with van der Waals surface area (Å²) in [7, 11) is 0. The Balaban J connectivity index is 2.56. The molecule has 4 heteroatoms. The number of nitrogens with two attached hydrogens (primary N) is 2. The van der Waals surface area contributed by atoms with Crippen LogP contribution >= 0.6 is 0 Å². The van der Waals surface area contributed by atoms with E-state index in [1.807, 2.05) is 24.4 Å². The van der Waals surface area contributed by atoms with Crippen LogP contribution in [0.15, 0.2) is 30.6 Å². The fraction of sp³-hybridized carbons (Fsp3) is 0. The number of hydrogen-bond acceptors (Lipinski definition) is 2. The predicted octanol–water partition coefficient (Wildman–Crippen LogP) is 1.42. The summed E-state index contributed by atoms with van der Waals surface area (Å²) in [5, 5.41) is 2.15. The van der Waals surface area contributed by atoms with Crippen molar-refractivity contribution in [3.8, 4) is 0 Å². The van der Waals surface area contributed by atoms with E-state index in [1.165, 1.54) is 0 Å². The van der Waals surface area contributed by atoms with Crippen LogP contribution < -0.4 is 11.6 Å². The normalized spacial score (nSPS) is 11.4. The molecule has 0 spiro atoms. The summed E-state index contributed by atoms with van der Waals surface area (Å²) in [6.45, 7) is 0. The molecule has 0 aliphatic carbocycles. The number of nitrogens with zero attached hydrogens (tertiary/aromatic N) is 1.